The molecular formula is C41H82O8. The van der Waals surface area contributed by atoms with Gasteiger partial charge in [0.05, 0.1) is 72.7 Å². The highest BCUT2D eigenvalue weighted by Gasteiger charge is 2.03. The van der Waals surface area contributed by atoms with Crippen molar-refractivity contribution in [1.29, 1.82) is 0 Å². The first-order chi connectivity index (χ1) is 24.3. The van der Waals surface area contributed by atoms with Crippen molar-refractivity contribution >= 4 is 5.97 Å². The minimum atomic E-state index is -0.119. The number of unbranched alkanes of at least 4 members (excludes halogenated alkanes) is 22. The van der Waals surface area contributed by atoms with Crippen LogP contribution in [0.2, 0.25) is 0 Å². The van der Waals surface area contributed by atoms with Gasteiger partial charge in [-0.05, 0) is 12.8 Å². The summed E-state index contributed by atoms with van der Waals surface area (Å²) in [6.07, 6.45) is 32.3. The highest BCUT2D eigenvalue weighted by Crippen LogP contribution is 2.13. The van der Waals surface area contributed by atoms with Crippen molar-refractivity contribution in [2.75, 3.05) is 85.9 Å². The van der Waals surface area contributed by atoms with Gasteiger partial charge in [0, 0.05) is 13.0 Å². The van der Waals surface area contributed by atoms with Crippen molar-refractivity contribution < 1.29 is 38.0 Å². The molecule has 0 rings (SSSR count). The maximum atomic E-state index is 11.9. The van der Waals surface area contributed by atoms with Crippen molar-refractivity contribution in [1.82, 2.24) is 0 Å². The summed E-state index contributed by atoms with van der Waals surface area (Å²) < 4.78 is 38.5. The Hall–Kier alpha value is -0.770. The summed E-state index contributed by atoms with van der Waals surface area (Å²) in [5.41, 5.74) is 0. The van der Waals surface area contributed by atoms with Gasteiger partial charge in [-0.25, -0.2) is 0 Å². The standard InChI is InChI=1S/C41H82O8/c1-3-5-7-9-11-13-15-16-17-19-21-23-25-27-41(42)49-40-39-48-38-37-47-36-35-46-34-33-45-32-31-44-30-29-43-28-26-24-22-20-18-14-12-10-8-6-4-2/h3-40H2,1-2H3. The van der Waals surface area contributed by atoms with Gasteiger partial charge in [0.1, 0.15) is 6.61 Å². The van der Waals surface area contributed by atoms with Crippen molar-refractivity contribution in [3.63, 3.8) is 0 Å². The molecule has 0 aromatic carbocycles. The van der Waals surface area contributed by atoms with E-state index in [1.807, 2.05) is 0 Å². The lowest BCUT2D eigenvalue weighted by atomic mass is 10.0. The fourth-order valence-corrected chi connectivity index (χ4v) is 5.64. The predicted molar refractivity (Wildman–Crippen MR) is 203 cm³/mol. The Morgan fingerprint density at radius 3 is 0.857 bits per heavy atom. The third kappa shape index (κ3) is 45.2. The van der Waals surface area contributed by atoms with Crippen LogP contribution < -0.4 is 0 Å². The number of carbonyl (C=O) groups is 1. The second-order valence-electron chi connectivity index (χ2n) is 13.4. The van der Waals surface area contributed by atoms with Crippen LogP contribution in [0.3, 0.4) is 0 Å². The Balaban J connectivity index is 3.12. The second-order valence-corrected chi connectivity index (χ2v) is 13.4. The average Bonchev–Trinajstić information content (AvgIpc) is 3.11. The smallest absolute Gasteiger partial charge is 0.305 e. The summed E-state index contributed by atoms with van der Waals surface area (Å²) in [5, 5.41) is 0. The summed E-state index contributed by atoms with van der Waals surface area (Å²) in [4.78, 5) is 11.9. The molecule has 0 aromatic heterocycles. The molecule has 0 amide bonds. The van der Waals surface area contributed by atoms with E-state index in [1.165, 1.54) is 135 Å². The van der Waals surface area contributed by atoms with Crippen LogP contribution in [0.5, 0.6) is 0 Å². The molecular weight excluding hydrogens is 620 g/mol. The molecule has 0 aliphatic heterocycles. The molecule has 0 fully saturated rings. The Bertz CT molecular complexity index is 606. The molecule has 0 unspecified atom stereocenters. The molecule has 8 heteroatoms. The summed E-state index contributed by atoms with van der Waals surface area (Å²) >= 11 is 0. The number of carbonyl (C=O) groups excluding carboxylic acids is 1. The molecule has 0 heterocycles. The third-order valence-electron chi connectivity index (χ3n) is 8.73. The molecule has 0 spiro atoms. The van der Waals surface area contributed by atoms with Crippen LogP contribution in [0.1, 0.15) is 174 Å². The fraction of sp³-hybridized carbons (Fsp3) is 0.976. The summed E-state index contributed by atoms with van der Waals surface area (Å²) in [6.45, 7) is 11.6. The van der Waals surface area contributed by atoms with Gasteiger partial charge in [0.25, 0.3) is 0 Å². The summed E-state index contributed by atoms with van der Waals surface area (Å²) in [6, 6.07) is 0. The van der Waals surface area contributed by atoms with E-state index in [9.17, 15) is 4.79 Å². The van der Waals surface area contributed by atoms with E-state index in [0.717, 1.165) is 25.9 Å². The number of esters is 1. The molecule has 0 atom stereocenters. The molecule has 0 N–H and O–H groups in total. The lowest BCUT2D eigenvalue weighted by Gasteiger charge is -2.08. The molecule has 294 valence electrons. The maximum absolute atomic E-state index is 11.9. The van der Waals surface area contributed by atoms with Crippen LogP contribution in [-0.4, -0.2) is 91.9 Å². The Labute approximate surface area is 303 Å². The van der Waals surface area contributed by atoms with Crippen LogP contribution in [0.25, 0.3) is 0 Å². The van der Waals surface area contributed by atoms with Gasteiger partial charge in [-0.2, -0.15) is 0 Å². The van der Waals surface area contributed by atoms with Crippen LogP contribution in [-0.2, 0) is 38.0 Å². The van der Waals surface area contributed by atoms with E-state index in [0.29, 0.717) is 85.7 Å². The van der Waals surface area contributed by atoms with Gasteiger partial charge < -0.3 is 33.2 Å². The second kappa shape index (κ2) is 45.3. The SMILES string of the molecule is CCCCCCCCCCCCCCCC(=O)OCCOCCOCCOCCOCCOCCOCCCCCCCCCCCCC. The normalized spacial score (nSPS) is 11.5. The quantitative estimate of drug-likeness (QED) is 0.0458. The number of rotatable bonds is 44. The monoisotopic (exact) mass is 703 g/mol. The minimum Gasteiger partial charge on any atom is -0.463 e. The largest absolute Gasteiger partial charge is 0.463 e. The molecule has 0 aliphatic rings. The highest BCUT2D eigenvalue weighted by molar-refractivity contribution is 5.69. The van der Waals surface area contributed by atoms with E-state index in [1.54, 1.807) is 0 Å². The first kappa shape index (κ1) is 48.2. The fourth-order valence-electron chi connectivity index (χ4n) is 5.64. The van der Waals surface area contributed by atoms with Crippen LogP contribution in [0.4, 0.5) is 0 Å². The van der Waals surface area contributed by atoms with Gasteiger partial charge >= 0.3 is 5.97 Å². The third-order valence-corrected chi connectivity index (χ3v) is 8.73. The first-order valence-electron chi connectivity index (χ1n) is 20.9. The molecule has 8 nitrogen and oxygen atoms in total. The van der Waals surface area contributed by atoms with Crippen molar-refractivity contribution in [3.05, 3.63) is 0 Å². The topological polar surface area (TPSA) is 81.7 Å². The van der Waals surface area contributed by atoms with Crippen LogP contribution >= 0.6 is 0 Å². The van der Waals surface area contributed by atoms with E-state index < -0.39 is 0 Å². The zero-order valence-corrected chi connectivity index (χ0v) is 32.6. The zero-order valence-electron chi connectivity index (χ0n) is 32.6. The van der Waals surface area contributed by atoms with E-state index in [2.05, 4.69) is 13.8 Å². The Kier molecular flexibility index (Phi) is 44.5. The Morgan fingerprint density at radius 2 is 0.531 bits per heavy atom. The predicted octanol–water partition coefficient (Wildman–Crippen LogP) is 10.4. The first-order valence-corrected chi connectivity index (χ1v) is 20.9. The van der Waals surface area contributed by atoms with Gasteiger partial charge in [-0.15, -0.1) is 0 Å². The van der Waals surface area contributed by atoms with Crippen LogP contribution in [0, 0.1) is 0 Å². The van der Waals surface area contributed by atoms with Gasteiger partial charge in [0.15, 0.2) is 0 Å². The van der Waals surface area contributed by atoms with Crippen molar-refractivity contribution in [3.8, 4) is 0 Å². The van der Waals surface area contributed by atoms with Crippen molar-refractivity contribution in [2.45, 2.75) is 174 Å². The van der Waals surface area contributed by atoms with Crippen LogP contribution in [0.15, 0.2) is 0 Å². The van der Waals surface area contributed by atoms with E-state index in [-0.39, 0.29) is 5.97 Å². The minimum absolute atomic E-state index is 0.119. The summed E-state index contributed by atoms with van der Waals surface area (Å²) in [7, 11) is 0. The summed E-state index contributed by atoms with van der Waals surface area (Å²) in [5.74, 6) is -0.119. The molecule has 0 saturated heterocycles. The number of hydrogen-bond acceptors (Lipinski definition) is 8. The zero-order chi connectivity index (χ0) is 35.4. The van der Waals surface area contributed by atoms with E-state index in [4.69, 9.17) is 33.2 Å². The lowest BCUT2D eigenvalue weighted by molar-refractivity contribution is -0.145. The average molecular weight is 703 g/mol. The number of hydrogen-bond donors (Lipinski definition) is 0. The number of ether oxygens (including phenoxy) is 7. The van der Waals surface area contributed by atoms with Gasteiger partial charge in [-0.3, -0.25) is 4.79 Å². The Morgan fingerprint density at radius 1 is 0.286 bits per heavy atom. The highest BCUT2D eigenvalue weighted by atomic mass is 16.6. The maximum Gasteiger partial charge on any atom is 0.305 e. The molecule has 0 aromatic rings. The van der Waals surface area contributed by atoms with E-state index >= 15 is 0 Å². The lowest BCUT2D eigenvalue weighted by Crippen LogP contribution is -2.15. The molecule has 49 heavy (non-hydrogen) atoms. The molecule has 0 saturated carbocycles. The van der Waals surface area contributed by atoms with Gasteiger partial charge in [-0.1, -0.05) is 155 Å². The molecule has 0 bridgehead atoms. The van der Waals surface area contributed by atoms with Gasteiger partial charge in [0.2, 0.25) is 0 Å². The molecule has 0 aliphatic carbocycles. The van der Waals surface area contributed by atoms with Crippen molar-refractivity contribution in [2.24, 2.45) is 0 Å². The molecule has 0 radical (unpaired) electrons.